The number of hydrogen-bond acceptors (Lipinski definition) is 2. The largest absolute Gasteiger partial charge is 0.510 e. The van der Waals surface area contributed by atoms with Gasteiger partial charge in [-0.1, -0.05) is 238 Å². The summed E-state index contributed by atoms with van der Waals surface area (Å²) < 4.78 is 323. The van der Waals surface area contributed by atoms with Crippen molar-refractivity contribution >= 4 is 61.7 Å². The van der Waals surface area contributed by atoms with E-state index in [1.807, 2.05) is 0 Å². The first kappa shape index (κ1) is 29.1. The zero-order valence-corrected chi connectivity index (χ0v) is 48.8. The van der Waals surface area contributed by atoms with Crippen LogP contribution in [0, 0.1) is 39.0 Å². The van der Waals surface area contributed by atoms with Crippen LogP contribution in [0.2, 0.25) is 0 Å². The van der Waals surface area contributed by atoms with Crippen molar-refractivity contribution in [1.82, 2.24) is 14.1 Å². The fourth-order valence-electron chi connectivity index (χ4n) is 10.9. The van der Waals surface area contributed by atoms with E-state index in [1.54, 1.807) is 61.7 Å². The Bertz CT molecular complexity index is 6400. The van der Waals surface area contributed by atoms with Gasteiger partial charge in [0.25, 0.3) is 6.33 Å². The maximum Gasteiger partial charge on any atom is 0.268 e. The number of hydrogen-bond donors (Lipinski definition) is 0. The number of para-hydroxylation sites is 1. The summed E-state index contributed by atoms with van der Waals surface area (Å²) in [5.41, 5.74) is -4.50. The molecule has 420 valence electrons. The molecule has 0 aliphatic rings. The van der Waals surface area contributed by atoms with Gasteiger partial charge in [-0.05, 0) is 126 Å². The van der Waals surface area contributed by atoms with Gasteiger partial charge in [0.15, 0.2) is 8.07 Å². The fourth-order valence-corrected chi connectivity index (χ4v) is 14.9. The van der Waals surface area contributed by atoms with E-state index >= 15 is 0 Å². The van der Waals surface area contributed by atoms with Gasteiger partial charge in [-0.25, -0.2) is 4.98 Å². The van der Waals surface area contributed by atoms with Crippen molar-refractivity contribution in [1.29, 1.82) is 0 Å². The second-order valence-corrected chi connectivity index (χ2v) is 24.2. The number of fused-ring (bicyclic) bond motifs is 4. The minimum atomic E-state index is -6.44. The fraction of sp³-hybridized carbons (Fsp3) is 0.0886. The summed E-state index contributed by atoms with van der Waals surface area (Å²) in [6, 6.07) is 8.10. The van der Waals surface area contributed by atoms with Crippen LogP contribution in [-0.2, 0) is 26.5 Å². The summed E-state index contributed by atoms with van der Waals surface area (Å²) in [6.07, 6.45) is 4.46. The summed E-state index contributed by atoms with van der Waals surface area (Å²) in [7, 11) is -6.44. The molecule has 0 radical (unpaired) electrons. The molecule has 0 aliphatic carbocycles. The maximum atomic E-state index is 10.2. The molecule has 0 spiro atoms. The zero-order valence-electron chi connectivity index (χ0n) is 79.5. The first-order valence-corrected chi connectivity index (χ1v) is 28.4. The first-order chi connectivity index (χ1) is 55.5. The van der Waals surface area contributed by atoms with Crippen LogP contribution in [0.4, 0.5) is 0 Å². The number of imidazole rings is 1. The molecular formula is C79H62N4OPtSi-2. The van der Waals surface area contributed by atoms with Gasteiger partial charge in [-0.3, -0.25) is 4.57 Å². The molecular weight excluding hydrogens is 1240 g/mol. The number of ether oxygens (including phenoxy) is 1. The van der Waals surface area contributed by atoms with Crippen molar-refractivity contribution in [3.05, 3.63) is 307 Å². The molecule has 0 aliphatic heterocycles. The second-order valence-electron chi connectivity index (χ2n) is 20.7. The molecule has 0 unspecified atom stereocenters. The van der Waals surface area contributed by atoms with Crippen LogP contribution in [0.5, 0.6) is 11.5 Å². The third kappa shape index (κ3) is 9.83. The van der Waals surface area contributed by atoms with E-state index in [-0.39, 0.29) is 94.1 Å². The van der Waals surface area contributed by atoms with Crippen LogP contribution in [-0.4, -0.2) is 22.2 Å². The van der Waals surface area contributed by atoms with Gasteiger partial charge >= 0.3 is 0 Å². The van der Waals surface area contributed by atoms with E-state index in [0.29, 0.717) is 16.3 Å². The predicted octanol–water partition coefficient (Wildman–Crippen LogP) is 16.2. The van der Waals surface area contributed by atoms with Crippen LogP contribution in [0.25, 0.3) is 83.4 Å². The van der Waals surface area contributed by atoms with E-state index in [0.717, 1.165) is 12.3 Å². The minimum Gasteiger partial charge on any atom is -0.510 e. The molecule has 0 atom stereocenters. The number of rotatable bonds is 12. The monoisotopic (exact) mass is 1340 g/mol. The Hall–Kier alpha value is -9.45. The summed E-state index contributed by atoms with van der Waals surface area (Å²) in [5.74, 6) is -0.130. The van der Waals surface area contributed by atoms with E-state index in [1.165, 1.54) is 75.9 Å². The van der Waals surface area contributed by atoms with Gasteiger partial charge in [0.1, 0.15) is 5.82 Å². The third-order valence-electron chi connectivity index (χ3n) is 14.6. The minimum absolute atomic E-state index is 0. The zero-order chi connectivity index (χ0) is 87.1. The van der Waals surface area contributed by atoms with E-state index in [4.69, 9.17) is 32.2 Å². The van der Waals surface area contributed by atoms with Gasteiger partial charge in [0.05, 0.1) is 51.0 Å². The molecule has 11 aromatic carbocycles. The van der Waals surface area contributed by atoms with Crippen LogP contribution >= 0.6 is 0 Å². The van der Waals surface area contributed by atoms with Gasteiger partial charge in [0.2, 0.25) is 0 Å². The number of benzene rings is 11. The van der Waals surface area contributed by atoms with Gasteiger partial charge in [0, 0.05) is 62.2 Å². The number of aromatic nitrogens is 4. The van der Waals surface area contributed by atoms with Crippen LogP contribution < -0.4 is 30.1 Å². The summed E-state index contributed by atoms with van der Waals surface area (Å²) in [5, 5.41) is -2.35. The number of nitrogens with zero attached hydrogens (tertiary/aromatic N) is 4. The van der Waals surface area contributed by atoms with Crippen molar-refractivity contribution in [2.45, 2.75) is 46.7 Å². The molecule has 86 heavy (non-hydrogen) atoms. The van der Waals surface area contributed by atoms with E-state index < -0.39 is 234 Å². The molecule has 14 rings (SSSR count). The van der Waals surface area contributed by atoms with Crippen LogP contribution in [0.1, 0.15) is 89.6 Å². The Morgan fingerprint density at radius 2 is 1.14 bits per heavy atom. The normalized spacial score (nSPS) is 17.8. The average molecular weight is 1340 g/mol. The topological polar surface area (TPSA) is 35.9 Å². The van der Waals surface area contributed by atoms with Gasteiger partial charge in [-0.15, -0.1) is 29.7 Å². The molecule has 0 N–H and O–H groups in total. The number of aryl methyl sites for hydroxylation is 3. The predicted molar refractivity (Wildman–Crippen MR) is 353 cm³/mol. The Balaban J connectivity index is 0.0000124. The quantitative estimate of drug-likeness (QED) is 0.0529. The molecule has 0 saturated heterocycles. The first-order valence-electron chi connectivity index (χ1n) is 43.4. The molecule has 0 saturated carbocycles. The maximum absolute atomic E-state index is 10.2. The summed E-state index contributed by atoms with van der Waals surface area (Å²) in [6.45, 7) is -4.10. The van der Waals surface area contributed by atoms with Crippen molar-refractivity contribution in [3.63, 3.8) is 0 Å². The van der Waals surface area contributed by atoms with E-state index in [9.17, 15) is 19.2 Å². The standard InChI is InChI=1S/C79H62N4OSi.Pt/c1-54-26-24-27-55(2)77(54)59-42-45-72-74(48-59)81(61-32-25-33-62(50-61)84-63-43-44-68-67-40-22-23-41-71(67)83(73(68)51-63)76-46-56(3)69(52-80-76)58-30-14-8-15-31-58)53-82(72)78-70(79(4,5)6)47-60(57-28-12-7-13-29-57)49-75(78)85(64-34-16-9-17-35-64,65-36-18-10-19-37-65)66-38-20-11-21-39-66;/h7-49,52H,1-6H3;/q-2;/i1D3,2D3,3D3,7D,8D,9D,10D,11D,12D,13D,14D,15D,16D,17D,18D,19D,20D,21D,28D,29D,30D,31D,34D,35D,36D,37D,38D,39D;. The molecule has 0 bridgehead atoms. The molecule has 0 fully saturated rings. The smallest absolute Gasteiger partial charge is 0.268 e. The van der Waals surface area contributed by atoms with Gasteiger partial charge in [-0.2, -0.15) is 18.2 Å². The van der Waals surface area contributed by atoms with Crippen molar-refractivity contribution in [3.8, 4) is 62.1 Å². The Morgan fingerprint density at radius 3 is 1.78 bits per heavy atom. The molecule has 7 heteroatoms. The molecule has 14 aromatic rings. The summed E-state index contributed by atoms with van der Waals surface area (Å²) >= 11 is 0. The van der Waals surface area contributed by atoms with Crippen molar-refractivity contribution < 1.29 is 77.0 Å². The Morgan fingerprint density at radius 1 is 0.535 bits per heavy atom. The van der Waals surface area contributed by atoms with E-state index in [2.05, 4.69) is 23.4 Å². The molecule has 3 aromatic heterocycles. The van der Waals surface area contributed by atoms with Crippen LogP contribution in [0.3, 0.4) is 0 Å². The Labute approximate surface area is 567 Å². The third-order valence-corrected chi connectivity index (χ3v) is 18.8. The molecule has 0 amide bonds. The SMILES string of the molecule is [2H]c1c([2H])c([2H])c(-c2cc(C(C)(C)C)c(-[n+]3[c-]n(-c4[c-]c(Oc5[c-]c6c(cc5)c5ccccc5n6-c5cc(C([2H])([2H])[2H])c(-c6c([2H])c([2H])c([2H])c([2H])c6[2H])cn5)ccc4)c4cc(-c5c(C([2H])([2H])[2H])cccc5C([2H])([2H])[2H])ccc43)c([Si](c3c([2H])c([2H])c([2H])c([2H])c3[2H])(c3c([2H])c([2H])c([2H])c([2H])c3[2H])c3c([2H])c([2H])c([2H])c([2H])c3[2H])c2)c([2H])c1[2H].[Pt]. The van der Waals surface area contributed by atoms with Crippen LogP contribution in [0.15, 0.2) is 266 Å². The van der Waals surface area contributed by atoms with Crippen molar-refractivity contribution in [2.75, 3.05) is 0 Å². The summed E-state index contributed by atoms with van der Waals surface area (Å²) in [4.78, 5) is 4.67. The molecule has 5 nitrogen and oxygen atoms in total. The average Bonchev–Trinajstić information content (AvgIpc) is 0.808. The Kier molecular flexibility index (Phi) is 7.73. The number of pyridine rings is 1. The second kappa shape index (κ2) is 22.8. The van der Waals surface area contributed by atoms with Crippen molar-refractivity contribution in [2.24, 2.45) is 0 Å². The van der Waals surface area contributed by atoms with Gasteiger partial charge < -0.3 is 13.9 Å². The molecule has 3 heterocycles.